The first-order valence-electron chi connectivity index (χ1n) is 8.34. The van der Waals surface area contributed by atoms with Crippen molar-refractivity contribution >= 4 is 17.2 Å². The second-order valence-corrected chi connectivity index (χ2v) is 7.07. The van der Waals surface area contributed by atoms with Crippen LogP contribution >= 0.6 is 0 Å². The molecule has 0 saturated heterocycles. The molecule has 0 amide bonds. The summed E-state index contributed by atoms with van der Waals surface area (Å²) >= 11 is 0. The summed E-state index contributed by atoms with van der Waals surface area (Å²) < 4.78 is 78.9. The van der Waals surface area contributed by atoms with Crippen molar-refractivity contribution in [2.45, 2.75) is 37.4 Å². The minimum absolute atomic E-state index is 0.369. The van der Waals surface area contributed by atoms with Crippen LogP contribution in [0.3, 0.4) is 0 Å². The SMILES string of the molecule is CC(O)(c1cc(C(=O)c2ccc(N)c(C(C)(O)C(F)(F)F)c2)ccc1N)C(F)(F)F. The van der Waals surface area contributed by atoms with Crippen LogP contribution in [-0.2, 0) is 11.2 Å². The molecular formula is C19H18F6N2O3. The van der Waals surface area contributed by atoms with Crippen LogP contribution in [0.2, 0.25) is 0 Å². The Kier molecular flexibility index (Phi) is 5.61. The summed E-state index contributed by atoms with van der Waals surface area (Å²) in [7, 11) is 0. The fourth-order valence-corrected chi connectivity index (χ4v) is 2.71. The molecule has 0 aliphatic carbocycles. The van der Waals surface area contributed by atoms with Gasteiger partial charge in [-0.05, 0) is 50.2 Å². The van der Waals surface area contributed by atoms with Gasteiger partial charge in [-0.15, -0.1) is 0 Å². The van der Waals surface area contributed by atoms with E-state index in [0.29, 0.717) is 26.0 Å². The topological polar surface area (TPSA) is 110 Å². The number of hydrogen-bond donors (Lipinski definition) is 4. The molecule has 0 radical (unpaired) electrons. The van der Waals surface area contributed by atoms with E-state index in [2.05, 4.69) is 0 Å². The molecule has 2 atom stereocenters. The zero-order valence-corrected chi connectivity index (χ0v) is 15.7. The van der Waals surface area contributed by atoms with Crippen molar-refractivity contribution in [1.82, 2.24) is 0 Å². The Morgan fingerprint density at radius 1 is 0.733 bits per heavy atom. The third-order valence-corrected chi connectivity index (χ3v) is 4.78. The Hall–Kier alpha value is -2.79. The molecule has 30 heavy (non-hydrogen) atoms. The second-order valence-electron chi connectivity index (χ2n) is 7.07. The van der Waals surface area contributed by atoms with Crippen LogP contribution in [0.15, 0.2) is 36.4 Å². The Balaban J connectivity index is 2.58. The lowest BCUT2D eigenvalue weighted by Gasteiger charge is -2.28. The summed E-state index contributed by atoms with van der Waals surface area (Å²) in [4.78, 5) is 12.7. The molecule has 0 fully saturated rings. The molecule has 2 unspecified atom stereocenters. The van der Waals surface area contributed by atoms with E-state index in [0.717, 1.165) is 24.3 Å². The molecule has 0 saturated carbocycles. The number of aliphatic hydroxyl groups is 2. The molecule has 0 aliphatic rings. The number of benzene rings is 2. The van der Waals surface area contributed by atoms with E-state index in [4.69, 9.17) is 11.5 Å². The zero-order valence-electron chi connectivity index (χ0n) is 15.7. The molecule has 2 aromatic carbocycles. The third-order valence-electron chi connectivity index (χ3n) is 4.78. The molecule has 0 bridgehead atoms. The molecule has 5 nitrogen and oxygen atoms in total. The van der Waals surface area contributed by atoms with Crippen molar-refractivity contribution in [2.24, 2.45) is 0 Å². The number of hydrogen-bond acceptors (Lipinski definition) is 5. The van der Waals surface area contributed by atoms with Gasteiger partial charge in [-0.2, -0.15) is 26.3 Å². The van der Waals surface area contributed by atoms with Crippen molar-refractivity contribution in [1.29, 1.82) is 0 Å². The smallest absolute Gasteiger partial charge is 0.398 e. The van der Waals surface area contributed by atoms with Crippen LogP contribution in [0, 0.1) is 0 Å². The molecule has 164 valence electrons. The van der Waals surface area contributed by atoms with E-state index in [-0.39, 0.29) is 11.1 Å². The predicted octanol–water partition coefficient (Wildman–Crippen LogP) is 3.62. The van der Waals surface area contributed by atoms with Gasteiger partial charge in [0.05, 0.1) is 0 Å². The maximum absolute atomic E-state index is 13.2. The summed E-state index contributed by atoms with van der Waals surface area (Å²) in [5, 5.41) is 19.7. The molecule has 6 N–H and O–H groups in total. The Labute approximate surface area is 166 Å². The highest BCUT2D eigenvalue weighted by atomic mass is 19.4. The van der Waals surface area contributed by atoms with Gasteiger partial charge in [0.1, 0.15) is 0 Å². The van der Waals surface area contributed by atoms with Crippen LogP contribution in [0.1, 0.15) is 40.9 Å². The van der Waals surface area contributed by atoms with Crippen molar-refractivity contribution in [3.8, 4) is 0 Å². The summed E-state index contributed by atoms with van der Waals surface area (Å²) in [6, 6.07) is 5.48. The van der Waals surface area contributed by atoms with E-state index in [1.54, 1.807) is 0 Å². The average Bonchev–Trinajstić information content (AvgIpc) is 2.59. The first-order chi connectivity index (χ1) is 13.4. The standard InChI is InChI=1S/C19H18F6N2O3/c1-16(29,18(20,21)22)11-7-9(3-5-13(11)26)15(28)10-4-6-14(27)12(8-10)17(2,30)19(23,24)25/h3-8,29-30H,26-27H2,1-2H3. The third kappa shape index (κ3) is 3.94. The number of nitrogens with two attached hydrogens (primary N) is 2. The lowest BCUT2D eigenvalue weighted by atomic mass is 9.88. The number of ketones is 1. The summed E-state index contributed by atoms with van der Waals surface area (Å²) in [6.07, 6.45) is -10.2. The van der Waals surface area contributed by atoms with Crippen molar-refractivity contribution in [3.63, 3.8) is 0 Å². The molecule has 11 heteroatoms. The van der Waals surface area contributed by atoms with Gasteiger partial charge in [-0.1, -0.05) is 0 Å². The minimum atomic E-state index is -5.11. The monoisotopic (exact) mass is 436 g/mol. The highest BCUT2D eigenvalue weighted by Crippen LogP contribution is 2.42. The molecule has 0 heterocycles. The first-order valence-corrected chi connectivity index (χ1v) is 8.34. The van der Waals surface area contributed by atoms with Crippen molar-refractivity contribution in [3.05, 3.63) is 58.7 Å². The lowest BCUT2D eigenvalue weighted by molar-refractivity contribution is -0.258. The molecular weight excluding hydrogens is 418 g/mol. The zero-order chi connectivity index (χ0) is 23.3. The Morgan fingerprint density at radius 2 is 1.03 bits per heavy atom. The number of carbonyl (C=O) groups is 1. The minimum Gasteiger partial charge on any atom is -0.398 e. The number of halogens is 6. The van der Waals surface area contributed by atoms with E-state index in [1.165, 1.54) is 0 Å². The molecule has 0 aliphatic heterocycles. The van der Waals surface area contributed by atoms with Gasteiger partial charge in [0.25, 0.3) is 0 Å². The highest BCUT2D eigenvalue weighted by Gasteiger charge is 2.53. The van der Waals surface area contributed by atoms with Crippen molar-refractivity contribution < 1.29 is 41.4 Å². The lowest BCUT2D eigenvalue weighted by Crippen LogP contribution is -2.40. The normalized spacial score (nSPS) is 16.6. The number of nitrogen functional groups attached to an aromatic ring is 2. The number of alkyl halides is 6. The molecule has 2 rings (SSSR count). The van der Waals surface area contributed by atoms with Gasteiger partial charge in [0.2, 0.25) is 0 Å². The fraction of sp³-hybridized carbons (Fsp3) is 0.316. The van der Waals surface area contributed by atoms with Gasteiger partial charge in [0, 0.05) is 33.6 Å². The fourth-order valence-electron chi connectivity index (χ4n) is 2.71. The maximum Gasteiger partial charge on any atom is 0.421 e. The van der Waals surface area contributed by atoms with Gasteiger partial charge in [0.15, 0.2) is 17.0 Å². The average molecular weight is 436 g/mol. The Bertz CT molecular complexity index is 904. The molecule has 2 aromatic rings. The van der Waals surface area contributed by atoms with E-state index < -0.39 is 51.8 Å². The van der Waals surface area contributed by atoms with Crippen LogP contribution in [0.5, 0.6) is 0 Å². The Morgan fingerprint density at radius 3 is 1.30 bits per heavy atom. The largest absolute Gasteiger partial charge is 0.421 e. The highest BCUT2D eigenvalue weighted by molar-refractivity contribution is 6.09. The van der Waals surface area contributed by atoms with Crippen molar-refractivity contribution in [2.75, 3.05) is 11.5 Å². The van der Waals surface area contributed by atoms with Gasteiger partial charge < -0.3 is 21.7 Å². The van der Waals surface area contributed by atoms with Gasteiger partial charge in [-0.25, -0.2) is 0 Å². The predicted molar refractivity (Wildman–Crippen MR) is 96.4 cm³/mol. The summed E-state index contributed by atoms with van der Waals surface area (Å²) in [5.41, 5.74) is 1.08. The van der Waals surface area contributed by atoms with Crippen LogP contribution in [0.25, 0.3) is 0 Å². The maximum atomic E-state index is 13.2. The summed E-state index contributed by atoms with van der Waals surface area (Å²) in [6.45, 7) is 0.906. The van der Waals surface area contributed by atoms with Gasteiger partial charge in [-0.3, -0.25) is 4.79 Å². The quantitative estimate of drug-likeness (QED) is 0.333. The van der Waals surface area contributed by atoms with Crippen LogP contribution in [0.4, 0.5) is 37.7 Å². The molecule has 0 aromatic heterocycles. The molecule has 0 spiro atoms. The van der Waals surface area contributed by atoms with Crippen LogP contribution in [-0.4, -0.2) is 28.3 Å². The van der Waals surface area contributed by atoms with E-state index >= 15 is 0 Å². The van der Waals surface area contributed by atoms with E-state index in [1.807, 2.05) is 0 Å². The number of anilines is 2. The number of carbonyl (C=O) groups excluding carboxylic acids is 1. The summed E-state index contributed by atoms with van der Waals surface area (Å²) in [5.74, 6) is -0.964. The second kappa shape index (κ2) is 7.17. The number of rotatable bonds is 4. The van der Waals surface area contributed by atoms with Crippen LogP contribution < -0.4 is 11.5 Å². The van der Waals surface area contributed by atoms with E-state index in [9.17, 15) is 41.4 Å². The van der Waals surface area contributed by atoms with Gasteiger partial charge >= 0.3 is 12.4 Å². The first kappa shape index (κ1) is 23.5.